The Morgan fingerprint density at radius 2 is 1.83 bits per heavy atom. The van der Waals surface area contributed by atoms with Gasteiger partial charge in [-0.2, -0.15) is 0 Å². The third kappa shape index (κ3) is 3.40. The molecule has 0 saturated carbocycles. The van der Waals surface area contributed by atoms with E-state index in [-0.39, 0.29) is 5.91 Å². The van der Waals surface area contributed by atoms with Gasteiger partial charge < -0.3 is 4.57 Å². The quantitative estimate of drug-likeness (QED) is 0.689. The van der Waals surface area contributed by atoms with Crippen LogP contribution in [0.15, 0.2) is 42.5 Å². The molecule has 1 heterocycles. The first-order valence-electron chi connectivity index (χ1n) is 7.67. The van der Waals surface area contributed by atoms with Gasteiger partial charge in [-0.3, -0.25) is 10.1 Å². The molecule has 0 radical (unpaired) electrons. The van der Waals surface area contributed by atoms with Gasteiger partial charge in [-0.05, 0) is 30.2 Å². The van der Waals surface area contributed by atoms with Crippen molar-refractivity contribution in [3.05, 3.63) is 58.1 Å². The van der Waals surface area contributed by atoms with E-state index in [4.69, 9.17) is 23.2 Å². The second kappa shape index (κ2) is 6.83. The van der Waals surface area contributed by atoms with Crippen LogP contribution in [0.25, 0.3) is 11.0 Å². The van der Waals surface area contributed by atoms with Crippen LogP contribution in [-0.2, 0) is 6.54 Å². The molecule has 24 heavy (non-hydrogen) atoms. The molecule has 2 aromatic carbocycles. The van der Waals surface area contributed by atoms with E-state index in [1.165, 1.54) is 0 Å². The summed E-state index contributed by atoms with van der Waals surface area (Å²) in [5.41, 5.74) is 2.13. The Balaban J connectivity index is 2.04. The number of aromatic nitrogens is 2. The lowest BCUT2D eigenvalue weighted by molar-refractivity contribution is 0.102. The van der Waals surface area contributed by atoms with Crippen molar-refractivity contribution in [2.75, 3.05) is 5.32 Å². The topological polar surface area (TPSA) is 46.9 Å². The third-order valence-electron chi connectivity index (χ3n) is 3.60. The minimum atomic E-state index is -0.201. The standard InChI is InChI=1S/C18H17Cl2N3O/c1-11(2)10-23-16-9-14(20)13(19)8-15(16)21-18(23)22-17(24)12-6-4-3-5-7-12/h3-9,11H,10H2,1-2H3,(H,21,22,24). The van der Waals surface area contributed by atoms with Gasteiger partial charge in [0.05, 0.1) is 21.1 Å². The lowest BCUT2D eigenvalue weighted by atomic mass is 10.2. The van der Waals surface area contributed by atoms with Crippen LogP contribution in [0.5, 0.6) is 0 Å². The molecule has 0 unspecified atom stereocenters. The van der Waals surface area contributed by atoms with E-state index in [9.17, 15) is 4.79 Å². The summed E-state index contributed by atoms with van der Waals surface area (Å²) in [6.45, 7) is 4.91. The number of fused-ring (bicyclic) bond motifs is 1. The molecule has 1 N–H and O–H groups in total. The fourth-order valence-corrected chi connectivity index (χ4v) is 2.84. The summed E-state index contributed by atoms with van der Waals surface area (Å²) >= 11 is 12.2. The van der Waals surface area contributed by atoms with Crippen molar-refractivity contribution < 1.29 is 4.79 Å². The van der Waals surface area contributed by atoms with Gasteiger partial charge in [0, 0.05) is 12.1 Å². The van der Waals surface area contributed by atoms with Gasteiger partial charge >= 0.3 is 0 Å². The number of amides is 1. The Morgan fingerprint density at radius 3 is 2.50 bits per heavy atom. The zero-order valence-electron chi connectivity index (χ0n) is 13.4. The molecular weight excluding hydrogens is 345 g/mol. The van der Waals surface area contributed by atoms with Crippen molar-refractivity contribution in [1.29, 1.82) is 0 Å². The molecule has 124 valence electrons. The number of nitrogens with one attached hydrogen (secondary N) is 1. The van der Waals surface area contributed by atoms with Gasteiger partial charge in [0.2, 0.25) is 5.95 Å². The predicted molar refractivity (Wildman–Crippen MR) is 99.0 cm³/mol. The maximum Gasteiger partial charge on any atom is 0.257 e. The molecule has 1 aromatic heterocycles. The number of carbonyl (C=O) groups excluding carboxylic acids is 1. The second-order valence-corrected chi connectivity index (χ2v) is 6.83. The first-order valence-corrected chi connectivity index (χ1v) is 8.43. The van der Waals surface area contributed by atoms with Crippen molar-refractivity contribution in [1.82, 2.24) is 9.55 Å². The average Bonchev–Trinajstić information content (AvgIpc) is 2.85. The van der Waals surface area contributed by atoms with Crippen LogP contribution in [0, 0.1) is 5.92 Å². The van der Waals surface area contributed by atoms with E-state index in [0.29, 0.717) is 39.5 Å². The molecule has 0 aliphatic carbocycles. The van der Waals surface area contributed by atoms with Crippen LogP contribution in [0.2, 0.25) is 10.0 Å². The Kier molecular flexibility index (Phi) is 4.78. The molecule has 0 saturated heterocycles. The fourth-order valence-electron chi connectivity index (χ4n) is 2.53. The third-order valence-corrected chi connectivity index (χ3v) is 4.32. The first-order chi connectivity index (χ1) is 11.5. The molecular formula is C18H17Cl2N3O. The van der Waals surface area contributed by atoms with Crippen molar-refractivity contribution in [2.24, 2.45) is 5.92 Å². The molecule has 4 nitrogen and oxygen atoms in total. The van der Waals surface area contributed by atoms with Crippen LogP contribution in [-0.4, -0.2) is 15.5 Å². The molecule has 3 aromatic rings. The SMILES string of the molecule is CC(C)Cn1c(NC(=O)c2ccccc2)nc2cc(Cl)c(Cl)cc21. The van der Waals surface area contributed by atoms with Gasteiger partial charge in [0.25, 0.3) is 5.91 Å². The van der Waals surface area contributed by atoms with E-state index in [2.05, 4.69) is 24.1 Å². The number of carbonyl (C=O) groups is 1. The van der Waals surface area contributed by atoms with Crippen LogP contribution in [0.1, 0.15) is 24.2 Å². The number of imidazole rings is 1. The van der Waals surface area contributed by atoms with Gasteiger partial charge in [0.1, 0.15) is 0 Å². The van der Waals surface area contributed by atoms with Crippen LogP contribution < -0.4 is 5.32 Å². The van der Waals surface area contributed by atoms with Gasteiger partial charge in [-0.15, -0.1) is 0 Å². The number of anilines is 1. The minimum Gasteiger partial charge on any atom is -0.310 e. The molecule has 0 aliphatic heterocycles. The first kappa shape index (κ1) is 16.8. The normalized spacial score (nSPS) is 11.2. The number of benzene rings is 2. The molecule has 0 atom stereocenters. The molecule has 0 spiro atoms. The van der Waals surface area contributed by atoms with E-state index in [0.717, 1.165) is 5.52 Å². The van der Waals surface area contributed by atoms with Crippen LogP contribution in [0.4, 0.5) is 5.95 Å². The Labute approximate surface area is 150 Å². The Morgan fingerprint density at radius 1 is 1.17 bits per heavy atom. The summed E-state index contributed by atoms with van der Waals surface area (Å²) in [6, 6.07) is 12.5. The van der Waals surface area contributed by atoms with Crippen molar-refractivity contribution >= 4 is 46.1 Å². The van der Waals surface area contributed by atoms with Gasteiger partial charge in [-0.25, -0.2) is 4.98 Å². The molecule has 0 fully saturated rings. The Hall–Kier alpha value is -2.04. The maximum absolute atomic E-state index is 12.4. The summed E-state index contributed by atoms with van der Waals surface area (Å²) < 4.78 is 1.96. The lowest BCUT2D eigenvalue weighted by Crippen LogP contribution is -2.17. The predicted octanol–water partition coefficient (Wildman–Crippen LogP) is 5.25. The highest BCUT2D eigenvalue weighted by atomic mass is 35.5. The van der Waals surface area contributed by atoms with Crippen LogP contribution >= 0.6 is 23.2 Å². The summed E-state index contributed by atoms with van der Waals surface area (Å²) in [5.74, 6) is 0.670. The molecule has 0 bridgehead atoms. The number of hydrogen-bond donors (Lipinski definition) is 1. The number of hydrogen-bond acceptors (Lipinski definition) is 2. The minimum absolute atomic E-state index is 0.201. The number of rotatable bonds is 4. The molecule has 1 amide bonds. The lowest BCUT2D eigenvalue weighted by Gasteiger charge is -2.12. The van der Waals surface area contributed by atoms with Crippen molar-refractivity contribution in [3.63, 3.8) is 0 Å². The Bertz CT molecular complexity index is 888. The number of halogens is 2. The van der Waals surface area contributed by atoms with E-state index in [1.54, 1.807) is 24.3 Å². The van der Waals surface area contributed by atoms with Crippen molar-refractivity contribution in [3.8, 4) is 0 Å². The maximum atomic E-state index is 12.4. The highest BCUT2D eigenvalue weighted by molar-refractivity contribution is 6.42. The summed E-state index contributed by atoms with van der Waals surface area (Å²) in [7, 11) is 0. The fraction of sp³-hybridized carbons (Fsp3) is 0.222. The zero-order valence-corrected chi connectivity index (χ0v) is 14.9. The van der Waals surface area contributed by atoms with Gasteiger partial charge in [-0.1, -0.05) is 55.2 Å². The highest BCUT2D eigenvalue weighted by Crippen LogP contribution is 2.30. The summed E-state index contributed by atoms with van der Waals surface area (Å²) in [5, 5.41) is 3.80. The zero-order chi connectivity index (χ0) is 17.3. The van der Waals surface area contributed by atoms with E-state index >= 15 is 0 Å². The summed E-state index contributed by atoms with van der Waals surface area (Å²) in [6.07, 6.45) is 0. The van der Waals surface area contributed by atoms with Crippen LogP contribution in [0.3, 0.4) is 0 Å². The van der Waals surface area contributed by atoms with Gasteiger partial charge in [0.15, 0.2) is 0 Å². The van der Waals surface area contributed by atoms with Crippen molar-refractivity contribution in [2.45, 2.75) is 20.4 Å². The molecule has 3 rings (SSSR count). The monoisotopic (exact) mass is 361 g/mol. The molecule has 6 heteroatoms. The highest BCUT2D eigenvalue weighted by Gasteiger charge is 2.16. The summed E-state index contributed by atoms with van der Waals surface area (Å²) in [4.78, 5) is 17.0. The average molecular weight is 362 g/mol. The largest absolute Gasteiger partial charge is 0.310 e. The number of nitrogens with zero attached hydrogens (tertiary/aromatic N) is 2. The molecule has 0 aliphatic rings. The van der Waals surface area contributed by atoms with E-state index in [1.807, 2.05) is 22.8 Å². The second-order valence-electron chi connectivity index (χ2n) is 6.02. The smallest absolute Gasteiger partial charge is 0.257 e. The van der Waals surface area contributed by atoms with E-state index < -0.39 is 0 Å².